The first-order valence-corrected chi connectivity index (χ1v) is 5.75. The quantitative estimate of drug-likeness (QED) is 0.629. The molecule has 15 heavy (non-hydrogen) atoms. The van der Waals surface area contributed by atoms with Gasteiger partial charge in [0.15, 0.2) is 0 Å². The predicted molar refractivity (Wildman–Crippen MR) is 59.5 cm³/mol. The van der Waals surface area contributed by atoms with Crippen LogP contribution >= 0.6 is 0 Å². The normalized spacial score (nSPS) is 22.1. The van der Waals surface area contributed by atoms with Gasteiger partial charge in [0.1, 0.15) is 0 Å². The lowest BCUT2D eigenvalue weighted by Crippen LogP contribution is -2.49. The maximum atomic E-state index is 12.0. The van der Waals surface area contributed by atoms with E-state index in [2.05, 4.69) is 10.6 Å². The fourth-order valence-corrected chi connectivity index (χ4v) is 1.84. The second kappa shape index (κ2) is 5.47. The molecule has 1 aliphatic heterocycles. The average Bonchev–Trinajstić information content (AvgIpc) is 2.26. The van der Waals surface area contributed by atoms with Crippen molar-refractivity contribution in [1.82, 2.24) is 10.6 Å². The summed E-state index contributed by atoms with van der Waals surface area (Å²) in [5.41, 5.74) is -0.256. The van der Waals surface area contributed by atoms with Gasteiger partial charge < -0.3 is 15.7 Å². The van der Waals surface area contributed by atoms with E-state index in [1.165, 1.54) is 0 Å². The number of carbonyl (C=O) groups excluding carboxylic acids is 1. The number of aliphatic hydroxyl groups is 1. The van der Waals surface area contributed by atoms with Gasteiger partial charge in [-0.2, -0.15) is 0 Å². The predicted octanol–water partition coefficient (Wildman–Crippen LogP) is 0.263. The Bertz CT molecular complexity index is 209. The van der Waals surface area contributed by atoms with Crippen LogP contribution in [0.25, 0.3) is 0 Å². The molecule has 1 saturated heterocycles. The van der Waals surface area contributed by atoms with E-state index in [1.54, 1.807) is 0 Å². The summed E-state index contributed by atoms with van der Waals surface area (Å²) in [4.78, 5) is 12.0. The molecule has 0 aromatic carbocycles. The molecule has 88 valence electrons. The number of carbonyl (C=O) groups is 1. The van der Waals surface area contributed by atoms with E-state index in [9.17, 15) is 4.79 Å². The minimum absolute atomic E-state index is 0.0244. The summed E-state index contributed by atoms with van der Waals surface area (Å²) in [6.07, 6.45) is 2.53. The molecule has 1 rings (SSSR count). The van der Waals surface area contributed by atoms with Gasteiger partial charge in [0.25, 0.3) is 0 Å². The smallest absolute Gasteiger partial charge is 0.226 e. The highest BCUT2D eigenvalue weighted by molar-refractivity contribution is 5.82. The highest BCUT2D eigenvalue weighted by Crippen LogP contribution is 2.28. The van der Waals surface area contributed by atoms with E-state index < -0.39 is 0 Å². The first-order valence-electron chi connectivity index (χ1n) is 5.75. The molecule has 1 heterocycles. The molecule has 1 atom stereocenters. The topological polar surface area (TPSA) is 61.4 Å². The number of piperidine rings is 1. The van der Waals surface area contributed by atoms with Crippen molar-refractivity contribution in [3.05, 3.63) is 0 Å². The molecule has 0 aromatic rings. The Balaban J connectivity index is 2.50. The van der Waals surface area contributed by atoms with Crippen molar-refractivity contribution in [3.63, 3.8) is 0 Å². The molecule has 4 nitrogen and oxygen atoms in total. The number of hydrogen-bond donors (Lipinski definition) is 3. The monoisotopic (exact) mass is 214 g/mol. The first kappa shape index (κ1) is 12.5. The second-order valence-corrected chi connectivity index (χ2v) is 4.57. The van der Waals surface area contributed by atoms with Gasteiger partial charge in [0.05, 0.1) is 12.6 Å². The lowest BCUT2D eigenvalue weighted by atomic mass is 9.80. The molecule has 0 unspecified atom stereocenters. The van der Waals surface area contributed by atoms with Crippen LogP contribution in [0.5, 0.6) is 0 Å². The number of aliphatic hydroxyl groups excluding tert-OH is 1. The summed E-state index contributed by atoms with van der Waals surface area (Å²) < 4.78 is 0. The molecule has 0 radical (unpaired) electrons. The molecule has 1 fully saturated rings. The van der Waals surface area contributed by atoms with Crippen LogP contribution in [0.15, 0.2) is 0 Å². The zero-order valence-electron chi connectivity index (χ0n) is 9.68. The van der Waals surface area contributed by atoms with E-state index in [-0.39, 0.29) is 24.0 Å². The van der Waals surface area contributed by atoms with E-state index >= 15 is 0 Å². The van der Waals surface area contributed by atoms with E-state index in [0.717, 1.165) is 32.4 Å². The maximum Gasteiger partial charge on any atom is 0.226 e. The highest BCUT2D eigenvalue weighted by atomic mass is 16.3. The van der Waals surface area contributed by atoms with Gasteiger partial charge in [-0.05, 0) is 32.4 Å². The zero-order chi connectivity index (χ0) is 11.3. The van der Waals surface area contributed by atoms with Gasteiger partial charge in [0.2, 0.25) is 5.91 Å². The fourth-order valence-electron chi connectivity index (χ4n) is 1.84. The third kappa shape index (κ3) is 3.18. The molecule has 0 saturated carbocycles. The van der Waals surface area contributed by atoms with Gasteiger partial charge in [0, 0.05) is 5.41 Å². The number of nitrogens with one attached hydrogen (secondary N) is 2. The number of rotatable bonds is 4. The lowest BCUT2D eigenvalue weighted by molar-refractivity contribution is -0.132. The Kier molecular flexibility index (Phi) is 4.54. The zero-order valence-corrected chi connectivity index (χ0v) is 9.68. The van der Waals surface area contributed by atoms with Gasteiger partial charge in [-0.1, -0.05) is 13.8 Å². The first-order chi connectivity index (χ1) is 7.12. The minimum Gasteiger partial charge on any atom is -0.394 e. The van der Waals surface area contributed by atoms with Gasteiger partial charge in [-0.25, -0.2) is 0 Å². The van der Waals surface area contributed by atoms with Crippen molar-refractivity contribution in [2.75, 3.05) is 19.7 Å². The van der Waals surface area contributed by atoms with Crippen LogP contribution in [0.2, 0.25) is 0 Å². The third-order valence-corrected chi connectivity index (χ3v) is 3.30. The second-order valence-electron chi connectivity index (χ2n) is 4.57. The van der Waals surface area contributed by atoms with Crippen molar-refractivity contribution >= 4 is 5.91 Å². The van der Waals surface area contributed by atoms with Crippen molar-refractivity contribution in [2.45, 2.75) is 39.2 Å². The van der Waals surface area contributed by atoms with Gasteiger partial charge >= 0.3 is 0 Å². The van der Waals surface area contributed by atoms with Crippen LogP contribution in [0.4, 0.5) is 0 Å². The minimum atomic E-state index is -0.256. The Morgan fingerprint density at radius 3 is 2.60 bits per heavy atom. The Morgan fingerprint density at radius 1 is 1.53 bits per heavy atom. The Labute approximate surface area is 91.4 Å². The van der Waals surface area contributed by atoms with Crippen LogP contribution in [-0.4, -0.2) is 36.8 Å². The van der Waals surface area contributed by atoms with E-state index in [1.807, 2.05) is 13.8 Å². The standard InChI is InChI=1S/C11H22N2O2/c1-3-9(8-14)13-10(15)11(2)4-6-12-7-5-11/h9,12,14H,3-8H2,1-2H3,(H,13,15)/t9-/m0/s1. The molecule has 0 spiro atoms. The molecule has 1 aliphatic rings. The maximum absolute atomic E-state index is 12.0. The van der Waals surface area contributed by atoms with Crippen LogP contribution in [0.3, 0.4) is 0 Å². The van der Waals surface area contributed by atoms with Crippen molar-refractivity contribution in [3.8, 4) is 0 Å². The fraction of sp³-hybridized carbons (Fsp3) is 0.909. The molecular weight excluding hydrogens is 192 g/mol. The van der Waals surface area contributed by atoms with Crippen molar-refractivity contribution in [2.24, 2.45) is 5.41 Å². The van der Waals surface area contributed by atoms with Crippen molar-refractivity contribution < 1.29 is 9.90 Å². The van der Waals surface area contributed by atoms with E-state index in [4.69, 9.17) is 5.11 Å². The summed E-state index contributed by atoms with van der Waals surface area (Å²) >= 11 is 0. The summed E-state index contributed by atoms with van der Waals surface area (Å²) in [7, 11) is 0. The molecule has 1 amide bonds. The molecule has 0 aliphatic carbocycles. The summed E-state index contributed by atoms with van der Waals surface area (Å²) in [5, 5.41) is 15.2. The van der Waals surface area contributed by atoms with Crippen LogP contribution in [0.1, 0.15) is 33.1 Å². The average molecular weight is 214 g/mol. The van der Waals surface area contributed by atoms with Gasteiger partial charge in [-0.15, -0.1) is 0 Å². The summed E-state index contributed by atoms with van der Waals surface area (Å²) in [6, 6.07) is -0.0933. The van der Waals surface area contributed by atoms with Crippen LogP contribution < -0.4 is 10.6 Å². The Hall–Kier alpha value is -0.610. The molecule has 0 aromatic heterocycles. The molecule has 0 bridgehead atoms. The number of amides is 1. The highest BCUT2D eigenvalue weighted by Gasteiger charge is 2.35. The number of hydrogen-bond acceptors (Lipinski definition) is 3. The molecule has 3 N–H and O–H groups in total. The summed E-state index contributed by atoms with van der Waals surface area (Å²) in [6.45, 7) is 5.80. The Morgan fingerprint density at radius 2 is 2.13 bits per heavy atom. The SMILES string of the molecule is CC[C@@H](CO)NC(=O)C1(C)CCNCC1. The largest absolute Gasteiger partial charge is 0.394 e. The lowest BCUT2D eigenvalue weighted by Gasteiger charge is -2.33. The van der Waals surface area contributed by atoms with E-state index in [0.29, 0.717) is 0 Å². The van der Waals surface area contributed by atoms with Crippen LogP contribution in [-0.2, 0) is 4.79 Å². The van der Waals surface area contributed by atoms with Crippen molar-refractivity contribution in [1.29, 1.82) is 0 Å². The van der Waals surface area contributed by atoms with Crippen LogP contribution in [0, 0.1) is 5.41 Å². The third-order valence-electron chi connectivity index (χ3n) is 3.30. The molecular formula is C11H22N2O2. The van der Waals surface area contributed by atoms with Gasteiger partial charge in [-0.3, -0.25) is 4.79 Å². The molecule has 4 heteroatoms. The summed E-state index contributed by atoms with van der Waals surface area (Å²) in [5.74, 6) is 0.0879.